The summed E-state index contributed by atoms with van der Waals surface area (Å²) in [5.41, 5.74) is 2.10. The zero-order valence-corrected chi connectivity index (χ0v) is 16.5. The van der Waals surface area contributed by atoms with Crippen molar-refractivity contribution in [1.29, 1.82) is 0 Å². The van der Waals surface area contributed by atoms with Gasteiger partial charge in [0.1, 0.15) is 23.1 Å². The minimum atomic E-state index is -0.281. The summed E-state index contributed by atoms with van der Waals surface area (Å²) in [5, 5.41) is 5.29. The molecule has 1 heterocycles. The first-order valence-corrected chi connectivity index (χ1v) is 9.78. The quantitative estimate of drug-likeness (QED) is 0.597. The van der Waals surface area contributed by atoms with Crippen LogP contribution in [0, 0.1) is 5.82 Å². The van der Waals surface area contributed by atoms with Gasteiger partial charge in [-0.3, -0.25) is 4.79 Å². The van der Waals surface area contributed by atoms with Gasteiger partial charge in [-0.15, -0.1) is 11.3 Å². The van der Waals surface area contributed by atoms with Crippen LogP contribution in [0.15, 0.2) is 47.8 Å². The molecule has 0 spiro atoms. The molecule has 0 fully saturated rings. The number of nitrogens with one attached hydrogen (secondary N) is 1. The van der Waals surface area contributed by atoms with Crippen molar-refractivity contribution in [2.45, 2.75) is 20.0 Å². The van der Waals surface area contributed by atoms with Crippen molar-refractivity contribution in [3.05, 3.63) is 64.9 Å². The SMILES string of the molecule is CCCNC(=O)c1csc(-c2ccc(OCc3ccc(F)cc3)c(OC)c2)n1. The molecule has 0 saturated carbocycles. The van der Waals surface area contributed by atoms with E-state index in [2.05, 4.69) is 10.3 Å². The minimum absolute atomic E-state index is 0.171. The van der Waals surface area contributed by atoms with Gasteiger partial charge in [0.25, 0.3) is 5.91 Å². The predicted molar refractivity (Wildman–Crippen MR) is 107 cm³/mol. The lowest BCUT2D eigenvalue weighted by Gasteiger charge is -2.11. The van der Waals surface area contributed by atoms with Gasteiger partial charge in [-0.2, -0.15) is 0 Å². The first-order chi connectivity index (χ1) is 13.6. The smallest absolute Gasteiger partial charge is 0.270 e. The largest absolute Gasteiger partial charge is 0.493 e. The summed E-state index contributed by atoms with van der Waals surface area (Å²) < 4.78 is 24.2. The molecule has 0 unspecified atom stereocenters. The van der Waals surface area contributed by atoms with Crippen molar-refractivity contribution in [3.8, 4) is 22.1 Å². The second kappa shape index (κ2) is 9.32. The Labute approximate surface area is 167 Å². The molecule has 1 N–H and O–H groups in total. The molecule has 3 rings (SSSR count). The topological polar surface area (TPSA) is 60.5 Å². The Hall–Kier alpha value is -2.93. The lowest BCUT2D eigenvalue weighted by molar-refractivity contribution is 0.0949. The maximum atomic E-state index is 13.0. The number of amides is 1. The molecule has 1 aromatic heterocycles. The average molecular weight is 400 g/mol. The van der Waals surface area contributed by atoms with Crippen LogP contribution in [0.2, 0.25) is 0 Å². The summed E-state index contributed by atoms with van der Waals surface area (Å²) in [6.07, 6.45) is 0.874. The highest BCUT2D eigenvalue weighted by Gasteiger charge is 2.13. The van der Waals surface area contributed by atoms with E-state index < -0.39 is 0 Å². The number of carbonyl (C=O) groups excluding carboxylic acids is 1. The van der Waals surface area contributed by atoms with Crippen LogP contribution in [0.1, 0.15) is 29.4 Å². The first kappa shape index (κ1) is 19.8. The van der Waals surface area contributed by atoms with Gasteiger partial charge in [0.05, 0.1) is 7.11 Å². The fourth-order valence-corrected chi connectivity index (χ4v) is 3.30. The zero-order valence-electron chi connectivity index (χ0n) is 15.7. The summed E-state index contributed by atoms with van der Waals surface area (Å²) in [6, 6.07) is 11.6. The normalized spacial score (nSPS) is 10.5. The molecule has 0 aliphatic heterocycles. The van der Waals surface area contributed by atoms with Crippen LogP contribution in [0.4, 0.5) is 4.39 Å². The van der Waals surface area contributed by atoms with E-state index in [0.717, 1.165) is 22.6 Å². The van der Waals surface area contributed by atoms with Gasteiger partial charge in [0.15, 0.2) is 11.5 Å². The number of nitrogens with zero attached hydrogens (tertiary/aromatic N) is 1. The van der Waals surface area contributed by atoms with Crippen molar-refractivity contribution in [2.24, 2.45) is 0 Å². The van der Waals surface area contributed by atoms with Crippen molar-refractivity contribution in [3.63, 3.8) is 0 Å². The second-order valence-corrected chi connectivity index (χ2v) is 6.93. The summed E-state index contributed by atoms with van der Waals surface area (Å²) in [6.45, 7) is 2.92. The lowest BCUT2D eigenvalue weighted by Crippen LogP contribution is -2.24. The van der Waals surface area contributed by atoms with Crippen molar-refractivity contribution < 1.29 is 18.7 Å². The van der Waals surface area contributed by atoms with E-state index in [4.69, 9.17) is 9.47 Å². The summed E-state index contributed by atoms with van der Waals surface area (Å²) in [4.78, 5) is 16.4. The molecule has 0 bridgehead atoms. The monoisotopic (exact) mass is 400 g/mol. The molecular weight excluding hydrogens is 379 g/mol. The molecule has 0 aliphatic carbocycles. The van der Waals surface area contributed by atoms with Gasteiger partial charge in [-0.1, -0.05) is 19.1 Å². The molecule has 0 atom stereocenters. The Bertz CT molecular complexity index is 941. The summed E-state index contributed by atoms with van der Waals surface area (Å²) >= 11 is 1.40. The molecule has 2 aromatic carbocycles. The van der Waals surface area contributed by atoms with Gasteiger partial charge in [0.2, 0.25) is 0 Å². The van der Waals surface area contributed by atoms with Gasteiger partial charge >= 0.3 is 0 Å². The van der Waals surface area contributed by atoms with Gasteiger partial charge in [-0.05, 0) is 42.3 Å². The highest BCUT2D eigenvalue weighted by Crippen LogP contribution is 2.34. The van der Waals surface area contributed by atoms with E-state index >= 15 is 0 Å². The van der Waals surface area contributed by atoms with Crippen LogP contribution in [-0.2, 0) is 6.61 Å². The number of aromatic nitrogens is 1. The molecule has 7 heteroatoms. The maximum absolute atomic E-state index is 13.0. The van der Waals surface area contributed by atoms with Gasteiger partial charge in [-0.25, -0.2) is 9.37 Å². The third-order valence-corrected chi connectivity index (χ3v) is 4.88. The van der Waals surface area contributed by atoms with Crippen LogP contribution >= 0.6 is 11.3 Å². The number of thiazole rings is 1. The fourth-order valence-electron chi connectivity index (χ4n) is 2.50. The first-order valence-electron chi connectivity index (χ1n) is 8.90. The van der Waals surface area contributed by atoms with Gasteiger partial charge < -0.3 is 14.8 Å². The highest BCUT2D eigenvalue weighted by atomic mass is 32.1. The number of halogens is 1. The molecule has 1 amide bonds. The molecule has 28 heavy (non-hydrogen) atoms. The zero-order chi connectivity index (χ0) is 19.9. The van der Waals surface area contributed by atoms with Crippen LogP contribution in [0.5, 0.6) is 11.5 Å². The number of benzene rings is 2. The molecule has 0 aliphatic rings. The minimum Gasteiger partial charge on any atom is -0.493 e. The molecule has 3 aromatic rings. The number of hydrogen-bond acceptors (Lipinski definition) is 5. The third kappa shape index (κ3) is 4.86. The highest BCUT2D eigenvalue weighted by molar-refractivity contribution is 7.13. The van der Waals surface area contributed by atoms with Crippen molar-refractivity contribution in [2.75, 3.05) is 13.7 Å². The van der Waals surface area contributed by atoms with Gasteiger partial charge in [0, 0.05) is 17.5 Å². The van der Waals surface area contributed by atoms with Crippen molar-refractivity contribution in [1.82, 2.24) is 10.3 Å². The van der Waals surface area contributed by atoms with E-state index in [1.54, 1.807) is 30.7 Å². The maximum Gasteiger partial charge on any atom is 0.270 e. The van der Waals surface area contributed by atoms with Crippen LogP contribution in [-0.4, -0.2) is 24.5 Å². The van der Waals surface area contributed by atoms with Crippen LogP contribution in [0.3, 0.4) is 0 Å². The molecule has 5 nitrogen and oxygen atoms in total. The summed E-state index contributed by atoms with van der Waals surface area (Å²) in [5.74, 6) is 0.687. The average Bonchev–Trinajstić information content (AvgIpc) is 3.22. The van der Waals surface area contributed by atoms with E-state index in [9.17, 15) is 9.18 Å². The Balaban J connectivity index is 1.73. The number of rotatable bonds is 8. The van der Waals surface area contributed by atoms with E-state index in [1.165, 1.54) is 23.5 Å². The number of hydrogen-bond donors (Lipinski definition) is 1. The Morgan fingerprint density at radius 3 is 2.68 bits per heavy atom. The Morgan fingerprint density at radius 1 is 1.18 bits per heavy atom. The van der Waals surface area contributed by atoms with Crippen LogP contribution in [0.25, 0.3) is 10.6 Å². The Kier molecular flexibility index (Phi) is 6.60. The number of ether oxygens (including phenoxy) is 2. The van der Waals surface area contributed by atoms with E-state index in [-0.39, 0.29) is 11.7 Å². The molecule has 0 saturated heterocycles. The molecular formula is C21H21FN2O3S. The predicted octanol–water partition coefficient (Wildman–Crippen LogP) is 4.68. The molecule has 0 radical (unpaired) electrons. The van der Waals surface area contributed by atoms with Crippen LogP contribution < -0.4 is 14.8 Å². The van der Waals surface area contributed by atoms with Crippen molar-refractivity contribution >= 4 is 17.2 Å². The lowest BCUT2D eigenvalue weighted by atomic mass is 10.2. The van der Waals surface area contributed by atoms with E-state index in [0.29, 0.717) is 30.3 Å². The molecule has 146 valence electrons. The standard InChI is InChI=1S/C21H21FN2O3S/c1-3-10-23-20(25)17-13-28-21(24-17)15-6-9-18(19(11-15)26-2)27-12-14-4-7-16(22)8-5-14/h4-9,11,13H,3,10,12H2,1-2H3,(H,23,25). The number of methoxy groups -OCH3 is 1. The third-order valence-electron chi connectivity index (χ3n) is 3.99. The second-order valence-electron chi connectivity index (χ2n) is 6.07. The summed E-state index contributed by atoms with van der Waals surface area (Å²) in [7, 11) is 1.56. The Morgan fingerprint density at radius 2 is 1.96 bits per heavy atom. The number of carbonyl (C=O) groups is 1. The van der Waals surface area contributed by atoms with E-state index in [1.807, 2.05) is 19.1 Å². The fraction of sp³-hybridized carbons (Fsp3) is 0.238.